The standard InChI is InChI=1S/C26H28N2O4/c1-31-23-7-6-21(12-24(23)32-22-10-16-4-2-3-5-17(16)11-22)26(15-27)13-19-8-18(25(29)28-30)9-20(19)14-26/h2-7,12,18-20,22,30H,8-11,13-14H2,1H3,(H,28,29)/t18?,19-,20+,26?. The van der Waals surface area contributed by atoms with Gasteiger partial charge in [0, 0.05) is 18.8 Å². The van der Waals surface area contributed by atoms with Crippen molar-refractivity contribution >= 4 is 5.91 Å². The quantitative estimate of drug-likeness (QED) is 0.552. The van der Waals surface area contributed by atoms with E-state index in [0.29, 0.717) is 23.3 Å². The maximum atomic E-state index is 11.9. The van der Waals surface area contributed by atoms with Crippen LogP contribution in [0.3, 0.4) is 0 Å². The minimum Gasteiger partial charge on any atom is -0.493 e. The van der Waals surface area contributed by atoms with Gasteiger partial charge >= 0.3 is 0 Å². The highest BCUT2D eigenvalue weighted by molar-refractivity contribution is 5.77. The van der Waals surface area contributed by atoms with Gasteiger partial charge in [0.25, 0.3) is 0 Å². The Balaban J connectivity index is 1.37. The first-order chi connectivity index (χ1) is 15.5. The van der Waals surface area contributed by atoms with Crippen molar-refractivity contribution < 1.29 is 19.5 Å². The lowest BCUT2D eigenvalue weighted by Gasteiger charge is -2.25. The number of carbonyl (C=O) groups is 1. The normalized spacial score (nSPS) is 28.6. The Morgan fingerprint density at radius 3 is 2.31 bits per heavy atom. The molecule has 6 nitrogen and oxygen atoms in total. The molecule has 2 saturated carbocycles. The molecule has 6 heteroatoms. The molecule has 1 amide bonds. The third kappa shape index (κ3) is 3.51. The zero-order valence-corrected chi connectivity index (χ0v) is 18.2. The predicted molar refractivity (Wildman–Crippen MR) is 117 cm³/mol. The van der Waals surface area contributed by atoms with E-state index in [1.807, 2.05) is 18.2 Å². The summed E-state index contributed by atoms with van der Waals surface area (Å²) < 4.78 is 12.0. The molecule has 0 saturated heterocycles. The van der Waals surface area contributed by atoms with E-state index in [9.17, 15) is 10.1 Å². The van der Waals surface area contributed by atoms with Gasteiger partial charge in [-0.2, -0.15) is 5.26 Å². The van der Waals surface area contributed by atoms with Crippen molar-refractivity contribution in [3.63, 3.8) is 0 Å². The van der Waals surface area contributed by atoms with Gasteiger partial charge in [-0.05, 0) is 66.3 Å². The second-order valence-corrected chi connectivity index (χ2v) is 9.55. The smallest absolute Gasteiger partial charge is 0.246 e. The fourth-order valence-electron chi connectivity index (χ4n) is 6.24. The molecular weight excluding hydrogens is 404 g/mol. The number of rotatable bonds is 5. The number of amides is 1. The van der Waals surface area contributed by atoms with Crippen LogP contribution in [0.1, 0.15) is 42.4 Å². The van der Waals surface area contributed by atoms with Gasteiger partial charge in [0.2, 0.25) is 5.91 Å². The van der Waals surface area contributed by atoms with E-state index in [4.69, 9.17) is 14.7 Å². The molecule has 0 heterocycles. The number of carbonyl (C=O) groups excluding carboxylic acids is 1. The second-order valence-electron chi connectivity index (χ2n) is 9.55. The van der Waals surface area contributed by atoms with E-state index >= 15 is 0 Å². The number of hydroxylamine groups is 1. The second kappa shape index (κ2) is 8.14. The van der Waals surface area contributed by atoms with Crippen LogP contribution in [0.4, 0.5) is 0 Å². The lowest BCUT2D eigenvalue weighted by molar-refractivity contribution is -0.133. The summed E-state index contributed by atoms with van der Waals surface area (Å²) in [5, 5.41) is 19.2. The Kier molecular flexibility index (Phi) is 5.30. The van der Waals surface area contributed by atoms with Crippen LogP contribution in [0.25, 0.3) is 0 Å². The van der Waals surface area contributed by atoms with Crippen LogP contribution in [-0.4, -0.2) is 24.3 Å². The number of benzene rings is 2. The summed E-state index contributed by atoms with van der Waals surface area (Å²) in [6.07, 6.45) is 4.68. The highest BCUT2D eigenvalue weighted by Gasteiger charge is 2.52. The predicted octanol–water partition coefficient (Wildman–Crippen LogP) is 3.94. The van der Waals surface area contributed by atoms with E-state index in [1.54, 1.807) is 12.6 Å². The average Bonchev–Trinajstić information content (AvgIpc) is 3.49. The Bertz CT molecular complexity index is 1040. The molecule has 2 aromatic carbocycles. The van der Waals surface area contributed by atoms with Crippen molar-refractivity contribution in [2.75, 3.05) is 7.11 Å². The number of hydrogen-bond donors (Lipinski definition) is 2. The molecule has 0 aliphatic heterocycles. The van der Waals surface area contributed by atoms with Crippen molar-refractivity contribution in [3.8, 4) is 17.6 Å². The molecule has 0 aromatic heterocycles. The molecule has 0 spiro atoms. The van der Waals surface area contributed by atoms with Gasteiger partial charge in [-0.25, -0.2) is 5.48 Å². The van der Waals surface area contributed by atoms with Crippen LogP contribution < -0.4 is 15.0 Å². The van der Waals surface area contributed by atoms with Crippen molar-refractivity contribution in [2.45, 2.75) is 50.0 Å². The Morgan fingerprint density at radius 2 is 1.75 bits per heavy atom. The average molecular weight is 433 g/mol. The number of ether oxygens (including phenoxy) is 2. The summed E-state index contributed by atoms with van der Waals surface area (Å²) in [5.41, 5.74) is 4.82. The summed E-state index contributed by atoms with van der Waals surface area (Å²) in [6.45, 7) is 0. The largest absolute Gasteiger partial charge is 0.493 e. The molecule has 2 N–H and O–H groups in total. The van der Waals surface area contributed by atoms with E-state index in [-0.39, 0.29) is 17.9 Å². The minimum absolute atomic E-state index is 0.0512. The monoisotopic (exact) mass is 432 g/mol. The van der Waals surface area contributed by atoms with E-state index in [1.165, 1.54) is 11.1 Å². The van der Waals surface area contributed by atoms with Crippen molar-refractivity contribution in [3.05, 3.63) is 59.2 Å². The van der Waals surface area contributed by atoms with Crippen LogP contribution in [0.2, 0.25) is 0 Å². The van der Waals surface area contributed by atoms with E-state index in [0.717, 1.165) is 44.1 Å². The van der Waals surface area contributed by atoms with Gasteiger partial charge in [0.05, 0.1) is 18.6 Å². The van der Waals surface area contributed by atoms with Crippen LogP contribution in [0.5, 0.6) is 11.5 Å². The molecule has 3 aliphatic rings. The Hall–Kier alpha value is -3.04. The molecule has 0 radical (unpaired) electrons. The molecule has 2 unspecified atom stereocenters. The van der Waals surface area contributed by atoms with Crippen molar-refractivity contribution in [1.82, 2.24) is 5.48 Å². The molecule has 32 heavy (non-hydrogen) atoms. The first-order valence-electron chi connectivity index (χ1n) is 11.3. The lowest BCUT2D eigenvalue weighted by atomic mass is 9.77. The molecular formula is C26H28N2O4. The first-order valence-corrected chi connectivity index (χ1v) is 11.3. The molecule has 2 fully saturated rings. The topological polar surface area (TPSA) is 91.6 Å². The fourth-order valence-corrected chi connectivity index (χ4v) is 6.24. The molecule has 4 atom stereocenters. The lowest BCUT2D eigenvalue weighted by Crippen LogP contribution is -2.28. The summed E-state index contributed by atoms with van der Waals surface area (Å²) >= 11 is 0. The van der Waals surface area contributed by atoms with Gasteiger partial charge in [-0.15, -0.1) is 0 Å². The fraction of sp³-hybridized carbons (Fsp3) is 0.462. The summed E-state index contributed by atoms with van der Waals surface area (Å²) in [4.78, 5) is 11.9. The van der Waals surface area contributed by atoms with Gasteiger partial charge in [0.15, 0.2) is 11.5 Å². The molecule has 166 valence electrons. The zero-order valence-electron chi connectivity index (χ0n) is 18.2. The summed E-state index contributed by atoms with van der Waals surface area (Å²) in [5.74, 6) is 1.52. The van der Waals surface area contributed by atoms with Gasteiger partial charge in [-0.1, -0.05) is 30.3 Å². The number of hydrogen-bond acceptors (Lipinski definition) is 5. The zero-order chi connectivity index (χ0) is 22.3. The molecule has 5 rings (SSSR count). The van der Waals surface area contributed by atoms with E-state index in [2.05, 4.69) is 30.3 Å². The van der Waals surface area contributed by atoms with Crippen LogP contribution in [0.15, 0.2) is 42.5 Å². The van der Waals surface area contributed by atoms with E-state index < -0.39 is 5.41 Å². The van der Waals surface area contributed by atoms with Gasteiger partial charge in [0.1, 0.15) is 6.10 Å². The highest BCUT2D eigenvalue weighted by atomic mass is 16.5. The maximum Gasteiger partial charge on any atom is 0.246 e. The van der Waals surface area contributed by atoms with Crippen LogP contribution in [0, 0.1) is 29.1 Å². The molecule has 3 aliphatic carbocycles. The van der Waals surface area contributed by atoms with Gasteiger partial charge < -0.3 is 9.47 Å². The summed E-state index contributed by atoms with van der Waals surface area (Å²) in [6, 6.07) is 16.9. The number of fused-ring (bicyclic) bond motifs is 2. The minimum atomic E-state index is -0.584. The molecule has 2 aromatic rings. The first kappa shape index (κ1) is 20.8. The summed E-state index contributed by atoms with van der Waals surface area (Å²) in [7, 11) is 1.64. The SMILES string of the molecule is COc1ccc(C2(C#N)C[C@H]3CC(C(=O)NO)C[C@H]3C2)cc1OC1Cc2ccccc2C1. The van der Waals surface area contributed by atoms with Gasteiger partial charge in [-0.3, -0.25) is 10.0 Å². The number of nitrogens with one attached hydrogen (secondary N) is 1. The third-order valence-corrected chi connectivity index (χ3v) is 7.78. The number of methoxy groups -OCH3 is 1. The number of nitrogens with zero attached hydrogens (tertiary/aromatic N) is 1. The van der Waals surface area contributed by atoms with Crippen molar-refractivity contribution in [2.24, 2.45) is 17.8 Å². The van der Waals surface area contributed by atoms with Crippen LogP contribution >= 0.6 is 0 Å². The Morgan fingerprint density at radius 1 is 1.09 bits per heavy atom. The maximum absolute atomic E-state index is 11.9. The van der Waals surface area contributed by atoms with Crippen LogP contribution in [-0.2, 0) is 23.1 Å². The number of nitriles is 1. The third-order valence-electron chi connectivity index (χ3n) is 7.78. The van der Waals surface area contributed by atoms with Crippen molar-refractivity contribution in [1.29, 1.82) is 5.26 Å². The Labute approximate surface area is 188 Å². The highest BCUT2D eigenvalue weighted by Crippen LogP contribution is 2.56. The molecule has 0 bridgehead atoms.